The van der Waals surface area contributed by atoms with Gasteiger partial charge in [0.15, 0.2) is 0 Å². The Morgan fingerprint density at radius 3 is 2.58 bits per heavy atom. The molecule has 0 aliphatic rings. The van der Waals surface area contributed by atoms with Crippen LogP contribution in [0.4, 0.5) is 0 Å². The molecule has 0 radical (unpaired) electrons. The number of aryl methyl sites for hydroxylation is 3. The van der Waals surface area contributed by atoms with Crippen LogP contribution in [0.25, 0.3) is 11.0 Å². The molecule has 0 saturated carbocycles. The van der Waals surface area contributed by atoms with Crippen molar-refractivity contribution < 1.29 is 4.79 Å². The number of para-hydroxylation sites is 2. The third-order valence-corrected chi connectivity index (χ3v) is 4.45. The highest BCUT2D eigenvalue weighted by molar-refractivity contribution is 5.92. The molecule has 26 heavy (non-hydrogen) atoms. The monoisotopic (exact) mass is 347 g/mol. The molecule has 1 amide bonds. The highest BCUT2D eigenvalue weighted by atomic mass is 16.1. The van der Waals surface area contributed by atoms with Crippen molar-refractivity contribution in [3.05, 3.63) is 78.1 Å². The number of fused-ring (bicyclic) bond motifs is 1. The first-order valence-corrected chi connectivity index (χ1v) is 9.07. The van der Waals surface area contributed by atoms with E-state index in [-0.39, 0.29) is 5.91 Å². The fourth-order valence-corrected chi connectivity index (χ4v) is 3.05. The molecule has 0 saturated heterocycles. The lowest BCUT2D eigenvalue weighted by atomic mass is 10.1. The zero-order chi connectivity index (χ0) is 18.4. The Hall–Kier alpha value is -2.88. The van der Waals surface area contributed by atoms with Crippen LogP contribution >= 0.6 is 0 Å². The van der Waals surface area contributed by atoms with E-state index in [0.717, 1.165) is 37.1 Å². The predicted octanol–water partition coefficient (Wildman–Crippen LogP) is 3.90. The second-order valence-corrected chi connectivity index (χ2v) is 6.54. The maximum absolute atomic E-state index is 11.6. The zero-order valence-corrected chi connectivity index (χ0v) is 15.2. The zero-order valence-electron chi connectivity index (χ0n) is 15.2. The van der Waals surface area contributed by atoms with Crippen LogP contribution in [0.15, 0.2) is 66.7 Å². The maximum Gasteiger partial charge on any atom is 0.246 e. The number of hydrogen-bond donors (Lipinski definition) is 1. The van der Waals surface area contributed by atoms with Crippen molar-refractivity contribution in [1.29, 1.82) is 0 Å². The molecule has 0 fully saturated rings. The fraction of sp³-hybridized carbons (Fsp3) is 0.273. The summed E-state index contributed by atoms with van der Waals surface area (Å²) in [7, 11) is 0. The third-order valence-electron chi connectivity index (χ3n) is 4.45. The molecule has 134 valence electrons. The van der Waals surface area contributed by atoms with Crippen LogP contribution in [0.2, 0.25) is 0 Å². The van der Waals surface area contributed by atoms with Gasteiger partial charge in [0.1, 0.15) is 5.82 Å². The Morgan fingerprint density at radius 2 is 1.81 bits per heavy atom. The summed E-state index contributed by atoms with van der Waals surface area (Å²) in [4.78, 5) is 16.4. The molecule has 1 aromatic heterocycles. The summed E-state index contributed by atoms with van der Waals surface area (Å²) in [6, 6.07) is 18.8. The molecule has 0 unspecified atom stereocenters. The van der Waals surface area contributed by atoms with Crippen molar-refractivity contribution in [3.8, 4) is 0 Å². The van der Waals surface area contributed by atoms with Gasteiger partial charge in [0.25, 0.3) is 0 Å². The van der Waals surface area contributed by atoms with E-state index in [9.17, 15) is 4.79 Å². The van der Waals surface area contributed by atoms with Crippen LogP contribution in [0, 0.1) is 0 Å². The first-order chi connectivity index (χ1) is 12.6. The SMILES string of the molecule is C=C(C)C(=O)NCCCc1nc2ccccc2n1CCc1ccccc1. The molecule has 0 atom stereocenters. The lowest BCUT2D eigenvalue weighted by molar-refractivity contribution is -0.117. The minimum atomic E-state index is -0.0809. The minimum absolute atomic E-state index is 0.0809. The molecule has 4 nitrogen and oxygen atoms in total. The number of carbonyl (C=O) groups excluding carboxylic acids is 1. The predicted molar refractivity (Wildman–Crippen MR) is 106 cm³/mol. The highest BCUT2D eigenvalue weighted by Crippen LogP contribution is 2.18. The highest BCUT2D eigenvalue weighted by Gasteiger charge is 2.10. The van der Waals surface area contributed by atoms with Crippen molar-refractivity contribution in [2.24, 2.45) is 0 Å². The number of benzene rings is 2. The largest absolute Gasteiger partial charge is 0.352 e. The van der Waals surface area contributed by atoms with Crippen LogP contribution < -0.4 is 5.32 Å². The summed E-state index contributed by atoms with van der Waals surface area (Å²) in [6.45, 7) is 6.91. The van der Waals surface area contributed by atoms with Crippen molar-refractivity contribution in [2.75, 3.05) is 6.54 Å². The average molecular weight is 347 g/mol. The fourth-order valence-electron chi connectivity index (χ4n) is 3.05. The summed E-state index contributed by atoms with van der Waals surface area (Å²) < 4.78 is 2.31. The van der Waals surface area contributed by atoms with E-state index in [0.29, 0.717) is 12.1 Å². The van der Waals surface area contributed by atoms with Gasteiger partial charge in [0, 0.05) is 25.1 Å². The molecule has 2 aromatic carbocycles. The number of carbonyl (C=O) groups is 1. The third kappa shape index (κ3) is 4.39. The van der Waals surface area contributed by atoms with Crippen molar-refractivity contribution in [3.63, 3.8) is 0 Å². The van der Waals surface area contributed by atoms with Gasteiger partial charge >= 0.3 is 0 Å². The number of nitrogens with zero attached hydrogens (tertiary/aromatic N) is 2. The average Bonchev–Trinajstić information content (AvgIpc) is 3.01. The van der Waals surface area contributed by atoms with Gasteiger partial charge in [0.05, 0.1) is 11.0 Å². The van der Waals surface area contributed by atoms with Gasteiger partial charge in [-0.1, -0.05) is 49.0 Å². The Bertz CT molecular complexity index is 896. The molecule has 1 N–H and O–H groups in total. The van der Waals surface area contributed by atoms with Crippen LogP contribution in [0.1, 0.15) is 24.7 Å². The first-order valence-electron chi connectivity index (χ1n) is 9.07. The van der Waals surface area contributed by atoms with E-state index in [1.165, 1.54) is 11.1 Å². The van der Waals surface area contributed by atoms with Gasteiger partial charge in [-0.05, 0) is 37.5 Å². The molecular formula is C22H25N3O. The van der Waals surface area contributed by atoms with Crippen molar-refractivity contribution in [1.82, 2.24) is 14.9 Å². The Balaban J connectivity index is 1.70. The standard InChI is InChI=1S/C22H25N3O/c1-17(2)22(26)23-15-8-13-21-24-19-11-6-7-12-20(19)25(21)16-14-18-9-4-3-5-10-18/h3-7,9-12H,1,8,13-16H2,2H3,(H,23,26). The van der Waals surface area contributed by atoms with E-state index in [1.54, 1.807) is 6.92 Å². The normalized spacial score (nSPS) is 10.8. The molecule has 3 rings (SSSR count). The number of aromatic nitrogens is 2. The van der Waals surface area contributed by atoms with Gasteiger partial charge in [-0.15, -0.1) is 0 Å². The molecule has 0 spiro atoms. The van der Waals surface area contributed by atoms with E-state index in [4.69, 9.17) is 4.98 Å². The molecular weight excluding hydrogens is 322 g/mol. The molecule has 0 bridgehead atoms. The van der Waals surface area contributed by atoms with Gasteiger partial charge in [-0.25, -0.2) is 4.98 Å². The summed E-state index contributed by atoms with van der Waals surface area (Å²) in [5.74, 6) is 0.995. The lowest BCUT2D eigenvalue weighted by Crippen LogP contribution is -2.25. The van der Waals surface area contributed by atoms with Crippen LogP contribution in [0.3, 0.4) is 0 Å². The number of imidazole rings is 1. The van der Waals surface area contributed by atoms with Crippen LogP contribution in [0.5, 0.6) is 0 Å². The smallest absolute Gasteiger partial charge is 0.246 e. The second-order valence-electron chi connectivity index (χ2n) is 6.54. The van der Waals surface area contributed by atoms with Gasteiger partial charge < -0.3 is 9.88 Å². The molecule has 3 aromatic rings. The summed E-state index contributed by atoms with van der Waals surface area (Å²) in [5, 5.41) is 2.89. The molecule has 0 aliphatic heterocycles. The van der Waals surface area contributed by atoms with Gasteiger partial charge in [-0.2, -0.15) is 0 Å². The van der Waals surface area contributed by atoms with Crippen LogP contribution in [-0.4, -0.2) is 22.0 Å². The maximum atomic E-state index is 11.6. The van der Waals surface area contributed by atoms with Crippen molar-refractivity contribution >= 4 is 16.9 Å². The van der Waals surface area contributed by atoms with Crippen molar-refractivity contribution in [2.45, 2.75) is 32.7 Å². The number of hydrogen-bond acceptors (Lipinski definition) is 2. The second kappa shape index (κ2) is 8.48. The van der Waals surface area contributed by atoms with E-state index < -0.39 is 0 Å². The lowest BCUT2D eigenvalue weighted by Gasteiger charge is -2.10. The summed E-state index contributed by atoms with van der Waals surface area (Å²) in [6.07, 6.45) is 2.66. The number of rotatable bonds is 8. The van der Waals surface area contributed by atoms with Crippen LogP contribution in [-0.2, 0) is 24.2 Å². The summed E-state index contributed by atoms with van der Waals surface area (Å²) >= 11 is 0. The Kier molecular flexibility index (Phi) is 5.84. The topological polar surface area (TPSA) is 46.9 Å². The molecule has 0 aliphatic carbocycles. The molecule has 4 heteroatoms. The van der Waals surface area contributed by atoms with Gasteiger partial charge in [-0.3, -0.25) is 4.79 Å². The minimum Gasteiger partial charge on any atom is -0.352 e. The summed E-state index contributed by atoms with van der Waals surface area (Å²) in [5.41, 5.74) is 4.07. The van der Waals surface area contributed by atoms with E-state index >= 15 is 0 Å². The first kappa shape index (κ1) is 17.9. The van der Waals surface area contributed by atoms with E-state index in [2.05, 4.69) is 58.9 Å². The van der Waals surface area contributed by atoms with Gasteiger partial charge in [0.2, 0.25) is 5.91 Å². The molecule has 1 heterocycles. The number of nitrogens with one attached hydrogen (secondary N) is 1. The Morgan fingerprint density at radius 1 is 1.08 bits per heavy atom. The number of amides is 1. The van der Waals surface area contributed by atoms with E-state index in [1.807, 2.05) is 12.1 Å². The Labute approximate surface area is 154 Å². The quantitative estimate of drug-likeness (QED) is 0.496.